The van der Waals surface area contributed by atoms with E-state index in [1.54, 1.807) is 0 Å². The predicted molar refractivity (Wildman–Crippen MR) is 89.4 cm³/mol. The van der Waals surface area contributed by atoms with Crippen molar-refractivity contribution in [3.8, 4) is 0 Å². The van der Waals surface area contributed by atoms with Gasteiger partial charge in [-0.25, -0.2) is 0 Å². The second-order valence-corrected chi connectivity index (χ2v) is 8.61. The molecule has 0 N–H and O–H groups in total. The van der Waals surface area contributed by atoms with Gasteiger partial charge in [-0.05, 0) is 11.1 Å². The lowest BCUT2D eigenvalue weighted by Crippen LogP contribution is -2.08. The summed E-state index contributed by atoms with van der Waals surface area (Å²) in [4.78, 5) is 10.9. The Morgan fingerprint density at radius 3 is 1.77 bits per heavy atom. The molecule has 0 bridgehead atoms. The molecular formula is C18H21O3P. The molecule has 2 aromatic rings. The standard InChI is InChI=1S/C18H21O3P/c1-16(19)21-12-13-22(20,14-17-8-4-2-5-9-17)15-18-10-6-3-7-11-18/h2-11H,12-15H2,1H3. The molecule has 4 heteroatoms. The molecule has 0 saturated heterocycles. The van der Waals surface area contributed by atoms with Crippen molar-refractivity contribution in [2.24, 2.45) is 0 Å². The van der Waals surface area contributed by atoms with Crippen LogP contribution < -0.4 is 0 Å². The lowest BCUT2D eigenvalue weighted by Gasteiger charge is -2.18. The first kappa shape index (κ1) is 16.5. The fraction of sp³-hybridized carbons (Fsp3) is 0.278. The molecule has 116 valence electrons. The number of rotatable bonds is 7. The van der Waals surface area contributed by atoms with E-state index in [0.29, 0.717) is 18.5 Å². The Balaban J connectivity index is 2.12. The normalized spacial score (nSPS) is 11.1. The van der Waals surface area contributed by atoms with E-state index in [1.807, 2.05) is 60.7 Å². The molecule has 0 spiro atoms. The van der Waals surface area contributed by atoms with Crippen molar-refractivity contribution in [2.45, 2.75) is 19.2 Å². The lowest BCUT2D eigenvalue weighted by atomic mass is 10.2. The van der Waals surface area contributed by atoms with Crippen LogP contribution >= 0.6 is 7.14 Å². The maximum absolute atomic E-state index is 13.3. The summed E-state index contributed by atoms with van der Waals surface area (Å²) in [7, 11) is -2.50. The smallest absolute Gasteiger partial charge is 0.302 e. The van der Waals surface area contributed by atoms with Crippen molar-refractivity contribution >= 4 is 13.1 Å². The summed E-state index contributed by atoms with van der Waals surface area (Å²) in [6.07, 6.45) is 1.48. The molecule has 0 atom stereocenters. The number of benzene rings is 2. The summed E-state index contributed by atoms with van der Waals surface area (Å²) in [5.41, 5.74) is 2.12. The van der Waals surface area contributed by atoms with Gasteiger partial charge in [-0.3, -0.25) is 4.79 Å². The van der Waals surface area contributed by atoms with Crippen LogP contribution in [0.1, 0.15) is 18.1 Å². The molecule has 0 aliphatic carbocycles. The summed E-state index contributed by atoms with van der Waals surface area (Å²) >= 11 is 0. The van der Waals surface area contributed by atoms with Crippen LogP contribution in [0.5, 0.6) is 0 Å². The third kappa shape index (κ3) is 5.50. The molecule has 0 unspecified atom stereocenters. The summed E-state index contributed by atoms with van der Waals surface area (Å²) in [5, 5.41) is 0. The average Bonchev–Trinajstić information content (AvgIpc) is 2.48. The van der Waals surface area contributed by atoms with Crippen molar-refractivity contribution in [3.63, 3.8) is 0 Å². The van der Waals surface area contributed by atoms with Crippen LogP contribution in [0.25, 0.3) is 0 Å². The van der Waals surface area contributed by atoms with Gasteiger partial charge in [0.2, 0.25) is 0 Å². The first-order chi connectivity index (χ1) is 10.6. The van der Waals surface area contributed by atoms with Crippen LogP contribution in [0.4, 0.5) is 0 Å². The molecule has 0 amide bonds. The zero-order valence-corrected chi connectivity index (χ0v) is 13.7. The highest BCUT2D eigenvalue weighted by molar-refractivity contribution is 7.62. The highest BCUT2D eigenvalue weighted by Crippen LogP contribution is 2.51. The summed E-state index contributed by atoms with van der Waals surface area (Å²) in [5.74, 6) is -0.328. The van der Waals surface area contributed by atoms with Gasteiger partial charge in [-0.2, -0.15) is 0 Å². The van der Waals surface area contributed by atoms with Crippen LogP contribution in [0.3, 0.4) is 0 Å². The topological polar surface area (TPSA) is 43.4 Å². The molecule has 0 aromatic heterocycles. The minimum Gasteiger partial charge on any atom is -0.465 e. The molecule has 0 radical (unpaired) electrons. The van der Waals surface area contributed by atoms with Crippen molar-refractivity contribution in [3.05, 3.63) is 71.8 Å². The molecule has 3 nitrogen and oxygen atoms in total. The third-order valence-electron chi connectivity index (χ3n) is 3.43. The van der Waals surface area contributed by atoms with Crippen molar-refractivity contribution in [1.82, 2.24) is 0 Å². The van der Waals surface area contributed by atoms with Crippen LogP contribution in [0.2, 0.25) is 0 Å². The maximum Gasteiger partial charge on any atom is 0.302 e. The Bertz CT molecular complexity index is 592. The van der Waals surface area contributed by atoms with Gasteiger partial charge in [0.05, 0.1) is 13.7 Å². The van der Waals surface area contributed by atoms with Gasteiger partial charge in [-0.15, -0.1) is 0 Å². The van der Waals surface area contributed by atoms with E-state index < -0.39 is 7.14 Å². The fourth-order valence-corrected chi connectivity index (χ4v) is 5.01. The van der Waals surface area contributed by atoms with Gasteiger partial charge in [0.25, 0.3) is 0 Å². The highest BCUT2D eigenvalue weighted by Gasteiger charge is 2.23. The van der Waals surface area contributed by atoms with Crippen LogP contribution in [-0.4, -0.2) is 18.7 Å². The van der Waals surface area contributed by atoms with Crippen molar-refractivity contribution in [2.75, 3.05) is 12.8 Å². The van der Waals surface area contributed by atoms with E-state index in [1.165, 1.54) is 6.92 Å². The minimum atomic E-state index is -2.50. The number of ether oxygens (including phenoxy) is 1. The van der Waals surface area contributed by atoms with E-state index in [0.717, 1.165) is 11.1 Å². The van der Waals surface area contributed by atoms with E-state index in [4.69, 9.17) is 4.74 Å². The molecule has 22 heavy (non-hydrogen) atoms. The Hall–Kier alpha value is -1.86. The molecular weight excluding hydrogens is 295 g/mol. The molecule has 0 aliphatic rings. The Kier molecular flexibility index (Phi) is 5.97. The summed E-state index contributed by atoms with van der Waals surface area (Å²) in [6, 6.07) is 19.7. The average molecular weight is 316 g/mol. The van der Waals surface area contributed by atoms with E-state index in [-0.39, 0.29) is 12.6 Å². The van der Waals surface area contributed by atoms with Gasteiger partial charge >= 0.3 is 5.97 Å². The monoisotopic (exact) mass is 316 g/mol. The zero-order chi connectivity index (χ0) is 15.8. The molecule has 0 heterocycles. The highest BCUT2D eigenvalue weighted by atomic mass is 31.2. The number of hydrogen-bond donors (Lipinski definition) is 0. The van der Waals surface area contributed by atoms with Crippen LogP contribution in [-0.2, 0) is 26.4 Å². The number of carbonyl (C=O) groups is 1. The Morgan fingerprint density at radius 2 is 1.36 bits per heavy atom. The third-order valence-corrected chi connectivity index (χ3v) is 6.31. The van der Waals surface area contributed by atoms with E-state index in [9.17, 15) is 9.36 Å². The number of esters is 1. The van der Waals surface area contributed by atoms with Gasteiger partial charge in [0.15, 0.2) is 0 Å². The molecule has 2 rings (SSSR count). The van der Waals surface area contributed by atoms with Gasteiger partial charge in [0, 0.05) is 25.4 Å². The molecule has 0 fully saturated rings. The number of carbonyl (C=O) groups excluding carboxylic acids is 1. The molecule has 0 aliphatic heterocycles. The first-order valence-electron chi connectivity index (χ1n) is 7.36. The lowest BCUT2D eigenvalue weighted by molar-refractivity contribution is -0.140. The van der Waals surface area contributed by atoms with Gasteiger partial charge in [-0.1, -0.05) is 60.7 Å². The van der Waals surface area contributed by atoms with E-state index in [2.05, 4.69) is 0 Å². The van der Waals surface area contributed by atoms with Gasteiger partial charge in [0.1, 0.15) is 0 Å². The van der Waals surface area contributed by atoms with E-state index >= 15 is 0 Å². The van der Waals surface area contributed by atoms with Crippen LogP contribution in [0.15, 0.2) is 60.7 Å². The fourth-order valence-electron chi connectivity index (χ4n) is 2.40. The van der Waals surface area contributed by atoms with Crippen molar-refractivity contribution in [1.29, 1.82) is 0 Å². The second-order valence-electron chi connectivity index (χ2n) is 5.41. The summed E-state index contributed by atoms with van der Waals surface area (Å²) in [6.45, 7) is 1.59. The molecule has 0 saturated carbocycles. The Morgan fingerprint density at radius 1 is 0.909 bits per heavy atom. The summed E-state index contributed by atoms with van der Waals surface area (Å²) < 4.78 is 18.3. The quantitative estimate of drug-likeness (QED) is 0.564. The second kappa shape index (κ2) is 7.95. The number of hydrogen-bond acceptors (Lipinski definition) is 3. The molecule has 2 aromatic carbocycles. The Labute approximate surface area is 131 Å². The van der Waals surface area contributed by atoms with Crippen LogP contribution in [0, 0.1) is 0 Å². The van der Waals surface area contributed by atoms with Gasteiger partial charge < -0.3 is 9.30 Å². The minimum absolute atomic E-state index is 0.215. The maximum atomic E-state index is 13.3. The van der Waals surface area contributed by atoms with Crippen molar-refractivity contribution < 1.29 is 14.1 Å². The zero-order valence-electron chi connectivity index (χ0n) is 12.8. The predicted octanol–water partition coefficient (Wildman–Crippen LogP) is 4.31. The first-order valence-corrected chi connectivity index (χ1v) is 9.62. The largest absolute Gasteiger partial charge is 0.465 e. The SMILES string of the molecule is CC(=O)OCCP(=O)(Cc1ccccc1)Cc1ccccc1.